The summed E-state index contributed by atoms with van der Waals surface area (Å²) in [6.07, 6.45) is 9.56. The van der Waals surface area contributed by atoms with Gasteiger partial charge in [-0.05, 0) is 130 Å². The number of piperazine rings is 1. The Morgan fingerprint density at radius 1 is 0.963 bits per heavy atom. The van der Waals surface area contributed by atoms with Crippen molar-refractivity contribution in [2.75, 3.05) is 57.4 Å². The predicted molar refractivity (Wildman–Crippen MR) is 306 cm³/mol. The summed E-state index contributed by atoms with van der Waals surface area (Å²) in [6.45, 7) is 11.6. The van der Waals surface area contributed by atoms with Crippen LogP contribution in [-0.4, -0.2) is 151 Å². The molecule has 0 spiro atoms. The number of halogens is 2. The van der Waals surface area contributed by atoms with E-state index in [1.165, 1.54) is 12.1 Å². The number of aromatic hydroxyl groups is 1. The molecule has 6 saturated heterocycles. The Hall–Kier alpha value is -6.68. The van der Waals surface area contributed by atoms with Crippen LogP contribution >= 0.6 is 22.9 Å². The van der Waals surface area contributed by atoms with Gasteiger partial charge in [-0.1, -0.05) is 49.7 Å². The van der Waals surface area contributed by atoms with Crippen molar-refractivity contribution in [2.45, 2.75) is 146 Å². The van der Waals surface area contributed by atoms with Crippen LogP contribution in [-0.2, 0) is 14.3 Å². The Labute approximate surface area is 484 Å². The number of nitrogens with zero attached hydrogens (tertiary/aromatic N) is 9. The van der Waals surface area contributed by atoms with Crippen LogP contribution in [0.5, 0.6) is 17.6 Å². The summed E-state index contributed by atoms with van der Waals surface area (Å²) in [6, 6.07) is 12.6. The number of rotatable bonds is 17. The van der Waals surface area contributed by atoms with E-state index in [1.54, 1.807) is 33.4 Å². The third-order valence-electron chi connectivity index (χ3n) is 18.2. The van der Waals surface area contributed by atoms with Crippen molar-refractivity contribution in [1.29, 1.82) is 0 Å². The number of hydrogen-bond donors (Lipinski definition) is 3. The van der Waals surface area contributed by atoms with Gasteiger partial charge in [0, 0.05) is 60.6 Å². The first-order valence-corrected chi connectivity index (χ1v) is 30.4. The molecular weight excluding hydrogens is 1090 g/mol. The lowest BCUT2D eigenvalue weighted by Crippen LogP contribution is -2.56. The lowest BCUT2D eigenvalue weighted by Gasteiger charge is -2.38. The fraction of sp³-hybridized carbons (Fsp3) is 0.533. The fourth-order valence-electron chi connectivity index (χ4n) is 13.7. The fourth-order valence-corrected chi connectivity index (χ4v) is 14.9. The van der Waals surface area contributed by atoms with E-state index in [2.05, 4.69) is 35.6 Å². The highest BCUT2D eigenvalue weighted by Gasteiger charge is 2.51. The predicted octanol–water partition coefficient (Wildman–Crippen LogP) is 9.31. The minimum Gasteiger partial charge on any atom is -0.508 e. The highest BCUT2D eigenvalue weighted by Crippen LogP contribution is 2.50. The Balaban J connectivity index is 0.614. The van der Waals surface area contributed by atoms with Gasteiger partial charge < -0.3 is 49.2 Å². The molecule has 6 aliphatic heterocycles. The van der Waals surface area contributed by atoms with Gasteiger partial charge in [-0.25, -0.2) is 14.2 Å². The Morgan fingerprint density at radius 3 is 2.50 bits per heavy atom. The van der Waals surface area contributed by atoms with Crippen molar-refractivity contribution in [3.63, 3.8) is 0 Å². The first-order chi connectivity index (χ1) is 39.7. The van der Waals surface area contributed by atoms with E-state index in [0.717, 1.165) is 85.2 Å². The van der Waals surface area contributed by atoms with Gasteiger partial charge in [0.05, 0.1) is 46.1 Å². The third kappa shape index (κ3) is 10.5. The number of fused-ring (bicyclic) bond motifs is 4. The van der Waals surface area contributed by atoms with Gasteiger partial charge in [-0.2, -0.15) is 9.97 Å². The molecule has 13 rings (SSSR count). The van der Waals surface area contributed by atoms with Crippen LogP contribution in [0.1, 0.15) is 125 Å². The molecule has 7 fully saturated rings. The van der Waals surface area contributed by atoms with E-state index in [1.807, 2.05) is 57.5 Å². The average molecular weight is 1160 g/mol. The normalized spacial score (nSPS) is 24.3. The second kappa shape index (κ2) is 22.1. The number of benzene rings is 2. The molecule has 7 atom stereocenters. The molecule has 6 aromatic rings. The number of nitrogens with one attached hydrogen (secondary N) is 2. The van der Waals surface area contributed by atoms with Gasteiger partial charge in [-0.15, -0.1) is 11.3 Å². The van der Waals surface area contributed by atoms with Crippen molar-refractivity contribution >= 4 is 57.6 Å². The van der Waals surface area contributed by atoms with Crippen molar-refractivity contribution in [1.82, 2.24) is 50.4 Å². The molecule has 1 saturated carbocycles. The van der Waals surface area contributed by atoms with Crippen molar-refractivity contribution in [3.05, 3.63) is 87.6 Å². The van der Waals surface area contributed by atoms with Gasteiger partial charge in [-0.3, -0.25) is 19.5 Å². The maximum atomic E-state index is 17.1. The van der Waals surface area contributed by atoms with Crippen molar-refractivity contribution in [3.8, 4) is 39.3 Å². The van der Waals surface area contributed by atoms with Gasteiger partial charge in [0.2, 0.25) is 11.8 Å². The Morgan fingerprint density at radius 2 is 1.76 bits per heavy atom. The number of ether oxygens (including phenoxy) is 3. The van der Waals surface area contributed by atoms with Gasteiger partial charge >= 0.3 is 12.1 Å². The lowest BCUT2D eigenvalue weighted by molar-refractivity contribution is -0.141. The number of likely N-dealkylation sites (tertiary alicyclic amines) is 2. The molecule has 0 radical (unpaired) electrons. The van der Waals surface area contributed by atoms with Gasteiger partial charge in [0.1, 0.15) is 54.1 Å². The number of aryl methyl sites for hydroxylation is 1. The largest absolute Gasteiger partial charge is 0.508 e. The number of phenols is 1. The Bertz CT molecular complexity index is 3400. The zero-order chi connectivity index (χ0) is 56.6. The molecule has 3 N–H and O–H groups in total. The molecule has 7 aliphatic rings. The monoisotopic (exact) mass is 1160 g/mol. The zero-order valence-corrected chi connectivity index (χ0v) is 48.2. The molecule has 2 bridgehead atoms. The summed E-state index contributed by atoms with van der Waals surface area (Å²) in [5.74, 6) is -0.572. The summed E-state index contributed by atoms with van der Waals surface area (Å²) in [7, 11) is 0. The molecule has 10 heterocycles. The van der Waals surface area contributed by atoms with Crippen LogP contribution in [0.3, 0.4) is 0 Å². The van der Waals surface area contributed by atoms with Crippen LogP contribution in [0.25, 0.3) is 32.6 Å². The standard InChI is InChI=1S/C60H69ClFN11O8S/c1-32(2)49(57(76)72-19-5-7-46(72)56(75)65-33(3)35-8-12-37(13-9-35)54-34(4)64-31-82-54)47-23-48(69-81-47)80-42-27-71(28-42)59(77)78-29-40-16-18-60(17-6-20-73(40)60)30-79-58-67-53-44(55(68-58)70-25-38-14-15-39(26-70)66-38)24-63-52(51(53)62)43-21-41(74)22-45(61)50(43)36-10-11-36/h8-9,12-13,21-24,31-33,36,38-40,42,46,49,66,74H,5-7,10-11,14-20,25-30H2,1-4H3,(H,65,75)/t33-,38?,39?,40-,46-,49+,60+/m0/s1. The van der Waals surface area contributed by atoms with Crippen molar-refractivity contribution in [2.24, 2.45) is 5.92 Å². The number of aromatic nitrogens is 5. The smallest absolute Gasteiger partial charge is 0.410 e. The summed E-state index contributed by atoms with van der Waals surface area (Å²) in [5, 5.41) is 22.5. The highest BCUT2D eigenvalue weighted by molar-refractivity contribution is 7.13. The summed E-state index contributed by atoms with van der Waals surface area (Å²) in [4.78, 5) is 69.3. The number of pyridine rings is 1. The number of hydrogen-bond acceptors (Lipinski definition) is 17. The third-order valence-corrected chi connectivity index (χ3v) is 19.5. The van der Waals surface area contributed by atoms with E-state index in [0.29, 0.717) is 85.2 Å². The topological polar surface area (TPSA) is 214 Å². The van der Waals surface area contributed by atoms with Crippen molar-refractivity contribution < 1.29 is 42.6 Å². The molecule has 22 heteroatoms. The minimum atomic E-state index is -0.686. The molecule has 2 unspecified atom stereocenters. The molecule has 4 aromatic heterocycles. The average Bonchev–Trinajstić information content (AvgIpc) is 3.54. The van der Waals surface area contributed by atoms with E-state index in [-0.39, 0.29) is 89.4 Å². The minimum absolute atomic E-state index is 0.0183. The molecular formula is C60H69ClFN11O8S. The van der Waals surface area contributed by atoms with Crippen LogP contribution in [0, 0.1) is 18.7 Å². The van der Waals surface area contributed by atoms with E-state index in [9.17, 15) is 19.5 Å². The maximum Gasteiger partial charge on any atom is 0.410 e. The van der Waals surface area contributed by atoms with E-state index >= 15 is 4.39 Å². The number of carbonyl (C=O) groups excluding carboxylic acids is 3. The van der Waals surface area contributed by atoms with E-state index in [4.69, 9.17) is 40.3 Å². The molecule has 2 aromatic carbocycles. The SMILES string of the molecule is Cc1ncsc1-c1ccc([C@H](C)NC(=O)[C@@H]2CCCN2C(=O)[C@@H](c2cc(OC3CN(C(=O)OC[C@@H]4CC[C@@]5(COc6nc(N7CC8CCC(C7)N8)c7cnc(-c8cc(O)cc(Cl)c8C8CC8)c(F)c7n6)CCCN45)C3)no2)C(C)C)cc1. The van der Waals surface area contributed by atoms with Crippen LogP contribution in [0.15, 0.2) is 58.7 Å². The molecule has 3 amide bonds. The number of amides is 3. The first kappa shape index (κ1) is 54.6. The number of carbonyl (C=O) groups is 3. The van der Waals surface area contributed by atoms with Crippen LogP contribution in [0.2, 0.25) is 5.02 Å². The lowest BCUT2D eigenvalue weighted by atomic mass is 9.91. The molecule has 432 valence electrons. The summed E-state index contributed by atoms with van der Waals surface area (Å²) >= 11 is 8.27. The quantitative estimate of drug-likeness (QED) is 0.0776. The highest BCUT2D eigenvalue weighted by atomic mass is 35.5. The van der Waals surface area contributed by atoms with Crippen LogP contribution < -0.4 is 25.0 Å². The summed E-state index contributed by atoms with van der Waals surface area (Å²) < 4.78 is 41.6. The zero-order valence-electron chi connectivity index (χ0n) is 46.6. The first-order valence-electron chi connectivity index (χ1n) is 29.1. The number of thiazole rings is 1. The summed E-state index contributed by atoms with van der Waals surface area (Å²) in [5.41, 5.74) is 5.97. The second-order valence-electron chi connectivity index (χ2n) is 24.0. The maximum absolute atomic E-state index is 17.1. The molecule has 1 aliphatic carbocycles. The molecule has 82 heavy (non-hydrogen) atoms. The number of anilines is 1. The van der Waals surface area contributed by atoms with E-state index < -0.39 is 23.9 Å². The Kier molecular flexibility index (Phi) is 14.7. The van der Waals surface area contributed by atoms with Gasteiger partial charge in [0.15, 0.2) is 11.6 Å². The second-order valence-corrected chi connectivity index (χ2v) is 25.3. The molecule has 19 nitrogen and oxygen atoms in total. The van der Waals surface area contributed by atoms with Crippen LogP contribution in [0.4, 0.5) is 15.0 Å². The number of phenolic OH excluding ortho intramolecular Hbond substituents is 1. The van der Waals surface area contributed by atoms with Gasteiger partial charge in [0.25, 0.3) is 5.88 Å².